The summed E-state index contributed by atoms with van der Waals surface area (Å²) in [7, 11) is 0. The SMILES string of the molecule is CC(=O)N[C@H](C)c1ccc(C(=O)COC(=O)c2sccc2C)cc1. The lowest BCUT2D eigenvalue weighted by Crippen LogP contribution is -2.23. The van der Waals surface area contributed by atoms with Gasteiger partial charge in [0.15, 0.2) is 12.4 Å². The zero-order chi connectivity index (χ0) is 17.7. The topological polar surface area (TPSA) is 72.5 Å². The minimum absolute atomic E-state index is 0.113. The van der Waals surface area contributed by atoms with Gasteiger partial charge in [-0.15, -0.1) is 11.3 Å². The number of Topliss-reactive ketones (excluding diaryl/α,β-unsaturated/α-hetero) is 1. The van der Waals surface area contributed by atoms with E-state index in [0.29, 0.717) is 10.4 Å². The molecule has 1 aromatic carbocycles. The summed E-state index contributed by atoms with van der Waals surface area (Å²) >= 11 is 1.29. The van der Waals surface area contributed by atoms with Crippen molar-refractivity contribution in [3.63, 3.8) is 0 Å². The van der Waals surface area contributed by atoms with Gasteiger partial charge in [0.1, 0.15) is 4.88 Å². The number of aryl methyl sites for hydroxylation is 1. The fourth-order valence-electron chi connectivity index (χ4n) is 2.21. The third kappa shape index (κ3) is 4.52. The molecule has 0 saturated carbocycles. The van der Waals surface area contributed by atoms with E-state index in [1.807, 2.05) is 25.3 Å². The van der Waals surface area contributed by atoms with Gasteiger partial charge in [0.25, 0.3) is 0 Å². The Kier molecular flexibility index (Phi) is 5.87. The molecular formula is C18H19NO4S. The molecule has 0 spiro atoms. The number of carbonyl (C=O) groups excluding carboxylic acids is 3. The van der Waals surface area contributed by atoms with Crippen molar-refractivity contribution < 1.29 is 19.1 Å². The number of nitrogens with one attached hydrogen (secondary N) is 1. The smallest absolute Gasteiger partial charge is 0.349 e. The maximum Gasteiger partial charge on any atom is 0.349 e. The van der Waals surface area contributed by atoms with Crippen molar-refractivity contribution in [2.75, 3.05) is 6.61 Å². The Labute approximate surface area is 144 Å². The van der Waals surface area contributed by atoms with Gasteiger partial charge in [0, 0.05) is 12.5 Å². The maximum atomic E-state index is 12.1. The normalized spacial score (nSPS) is 11.6. The van der Waals surface area contributed by atoms with Crippen LogP contribution in [0.25, 0.3) is 0 Å². The van der Waals surface area contributed by atoms with Crippen molar-refractivity contribution in [2.45, 2.75) is 26.8 Å². The molecule has 0 aliphatic heterocycles. The van der Waals surface area contributed by atoms with Gasteiger partial charge in [-0.3, -0.25) is 9.59 Å². The van der Waals surface area contributed by atoms with Crippen LogP contribution in [0.2, 0.25) is 0 Å². The van der Waals surface area contributed by atoms with Gasteiger partial charge in [-0.1, -0.05) is 24.3 Å². The molecule has 1 amide bonds. The van der Waals surface area contributed by atoms with E-state index in [2.05, 4.69) is 5.32 Å². The summed E-state index contributed by atoms with van der Waals surface area (Å²) in [4.78, 5) is 35.6. The standard InChI is InChI=1S/C18H19NO4S/c1-11-8-9-24-17(11)18(22)23-10-16(21)15-6-4-14(5-7-15)12(2)19-13(3)20/h4-9,12H,10H2,1-3H3,(H,19,20)/t12-/m1/s1. The number of hydrogen-bond donors (Lipinski definition) is 1. The summed E-state index contributed by atoms with van der Waals surface area (Å²) in [6.45, 7) is 4.85. The van der Waals surface area contributed by atoms with Crippen LogP contribution in [-0.2, 0) is 9.53 Å². The van der Waals surface area contributed by atoms with E-state index in [9.17, 15) is 14.4 Å². The number of rotatable bonds is 6. The van der Waals surface area contributed by atoms with E-state index in [-0.39, 0.29) is 24.3 Å². The van der Waals surface area contributed by atoms with E-state index >= 15 is 0 Å². The lowest BCUT2D eigenvalue weighted by Gasteiger charge is -2.13. The highest BCUT2D eigenvalue weighted by molar-refractivity contribution is 7.12. The molecule has 126 valence electrons. The molecule has 1 heterocycles. The number of amides is 1. The highest BCUT2D eigenvalue weighted by Crippen LogP contribution is 2.17. The number of ether oxygens (including phenoxy) is 1. The molecular weight excluding hydrogens is 326 g/mol. The minimum atomic E-state index is -0.480. The summed E-state index contributed by atoms with van der Waals surface area (Å²) in [6, 6.07) is 8.59. The zero-order valence-electron chi connectivity index (χ0n) is 13.8. The predicted octanol–water partition coefficient (Wildman–Crippen LogP) is 3.29. The minimum Gasteiger partial charge on any atom is -0.453 e. The van der Waals surface area contributed by atoms with E-state index in [1.165, 1.54) is 18.3 Å². The Morgan fingerprint density at radius 2 is 1.83 bits per heavy atom. The molecule has 1 atom stereocenters. The van der Waals surface area contributed by atoms with Gasteiger partial charge in [-0.25, -0.2) is 4.79 Å². The van der Waals surface area contributed by atoms with Crippen LogP contribution in [0.15, 0.2) is 35.7 Å². The monoisotopic (exact) mass is 345 g/mol. The Hall–Kier alpha value is -2.47. The molecule has 6 heteroatoms. The maximum absolute atomic E-state index is 12.1. The van der Waals surface area contributed by atoms with Gasteiger partial charge in [0.2, 0.25) is 5.91 Å². The summed E-state index contributed by atoms with van der Waals surface area (Å²) < 4.78 is 5.08. The molecule has 0 saturated heterocycles. The number of benzene rings is 1. The van der Waals surface area contributed by atoms with E-state index in [4.69, 9.17) is 4.74 Å². The molecule has 0 aliphatic rings. The van der Waals surface area contributed by atoms with Crippen LogP contribution >= 0.6 is 11.3 Å². The number of hydrogen-bond acceptors (Lipinski definition) is 5. The molecule has 1 aromatic heterocycles. The van der Waals surface area contributed by atoms with Crippen LogP contribution < -0.4 is 5.32 Å². The molecule has 24 heavy (non-hydrogen) atoms. The highest BCUT2D eigenvalue weighted by atomic mass is 32.1. The molecule has 2 aromatic rings. The van der Waals surface area contributed by atoms with Crippen molar-refractivity contribution in [3.8, 4) is 0 Å². The summed E-state index contributed by atoms with van der Waals surface area (Å²) in [6.07, 6.45) is 0. The average molecular weight is 345 g/mol. The van der Waals surface area contributed by atoms with Crippen molar-refractivity contribution >= 4 is 29.0 Å². The Morgan fingerprint density at radius 3 is 2.38 bits per heavy atom. The summed E-state index contributed by atoms with van der Waals surface area (Å²) in [5.41, 5.74) is 2.20. The molecule has 1 N–H and O–H groups in total. The molecule has 5 nitrogen and oxygen atoms in total. The highest BCUT2D eigenvalue weighted by Gasteiger charge is 2.15. The average Bonchev–Trinajstić information content (AvgIpc) is 2.98. The Morgan fingerprint density at radius 1 is 1.17 bits per heavy atom. The van der Waals surface area contributed by atoms with Crippen LogP contribution in [0.3, 0.4) is 0 Å². The zero-order valence-corrected chi connectivity index (χ0v) is 14.6. The second kappa shape index (κ2) is 7.88. The number of carbonyl (C=O) groups is 3. The Bertz CT molecular complexity index is 749. The molecule has 0 unspecified atom stereocenters. The first kappa shape index (κ1) is 17.9. The van der Waals surface area contributed by atoms with Gasteiger partial charge in [-0.05, 0) is 36.4 Å². The van der Waals surface area contributed by atoms with Gasteiger partial charge in [-0.2, -0.15) is 0 Å². The van der Waals surface area contributed by atoms with Gasteiger partial charge >= 0.3 is 5.97 Å². The largest absolute Gasteiger partial charge is 0.453 e. The predicted molar refractivity (Wildman–Crippen MR) is 92.3 cm³/mol. The van der Waals surface area contributed by atoms with Gasteiger partial charge < -0.3 is 10.1 Å². The van der Waals surface area contributed by atoms with Crippen LogP contribution in [-0.4, -0.2) is 24.3 Å². The number of thiophene rings is 1. The molecule has 0 fully saturated rings. The van der Waals surface area contributed by atoms with Crippen molar-refractivity contribution in [3.05, 3.63) is 57.3 Å². The van der Waals surface area contributed by atoms with E-state index in [0.717, 1.165) is 11.1 Å². The second-order valence-corrected chi connectivity index (χ2v) is 6.39. The summed E-state index contributed by atoms with van der Waals surface area (Å²) in [5.74, 6) is -0.860. The van der Waals surface area contributed by atoms with Crippen LogP contribution in [0.5, 0.6) is 0 Å². The quantitative estimate of drug-likeness (QED) is 0.644. The van der Waals surface area contributed by atoms with Crippen molar-refractivity contribution in [1.29, 1.82) is 0 Å². The lowest BCUT2D eigenvalue weighted by molar-refractivity contribution is -0.119. The van der Waals surface area contributed by atoms with Crippen LogP contribution in [0.4, 0.5) is 0 Å². The first-order valence-corrected chi connectivity index (χ1v) is 8.38. The Balaban J connectivity index is 1.94. The fourth-order valence-corrected chi connectivity index (χ4v) is 3.03. The van der Waals surface area contributed by atoms with E-state index < -0.39 is 5.97 Å². The lowest BCUT2D eigenvalue weighted by atomic mass is 10.0. The first-order valence-electron chi connectivity index (χ1n) is 7.50. The third-order valence-electron chi connectivity index (χ3n) is 3.53. The summed E-state index contributed by atoms with van der Waals surface area (Å²) in [5, 5.41) is 4.58. The molecule has 0 radical (unpaired) electrons. The van der Waals surface area contributed by atoms with Crippen LogP contribution in [0.1, 0.15) is 51.0 Å². The number of esters is 1. The van der Waals surface area contributed by atoms with Crippen molar-refractivity contribution in [2.24, 2.45) is 0 Å². The van der Waals surface area contributed by atoms with Crippen LogP contribution in [0, 0.1) is 6.92 Å². The third-order valence-corrected chi connectivity index (χ3v) is 4.53. The molecule has 0 bridgehead atoms. The first-order chi connectivity index (χ1) is 11.4. The molecule has 0 aliphatic carbocycles. The van der Waals surface area contributed by atoms with E-state index in [1.54, 1.807) is 24.3 Å². The molecule has 2 rings (SSSR count). The second-order valence-electron chi connectivity index (χ2n) is 5.48. The fraction of sp³-hybridized carbons (Fsp3) is 0.278. The van der Waals surface area contributed by atoms with Gasteiger partial charge in [0.05, 0.1) is 6.04 Å². The number of ketones is 1. The van der Waals surface area contributed by atoms with Crippen molar-refractivity contribution in [1.82, 2.24) is 5.32 Å².